The number of rotatable bonds is 7. The first-order valence-corrected chi connectivity index (χ1v) is 8.10. The summed E-state index contributed by atoms with van der Waals surface area (Å²) in [4.78, 5) is 23.9. The van der Waals surface area contributed by atoms with Gasteiger partial charge in [-0.25, -0.2) is 9.98 Å². The first-order chi connectivity index (χ1) is 10.9. The van der Waals surface area contributed by atoms with Crippen molar-refractivity contribution in [3.8, 4) is 0 Å². The van der Waals surface area contributed by atoms with Crippen molar-refractivity contribution in [2.45, 2.75) is 26.3 Å². The van der Waals surface area contributed by atoms with Crippen LogP contribution in [0.25, 0.3) is 0 Å². The predicted octanol–water partition coefficient (Wildman–Crippen LogP) is 1.96. The maximum Gasteiger partial charge on any atom is 0.243 e. The molecule has 0 unspecified atom stereocenters. The van der Waals surface area contributed by atoms with Gasteiger partial charge in [0.05, 0.1) is 12.7 Å². The number of aromatic nitrogens is 2. The summed E-state index contributed by atoms with van der Waals surface area (Å²) in [5.41, 5.74) is 0. The Morgan fingerprint density at radius 1 is 1.42 bits per heavy atom. The van der Waals surface area contributed by atoms with Crippen molar-refractivity contribution in [1.82, 2.24) is 24.7 Å². The summed E-state index contributed by atoms with van der Waals surface area (Å²) in [5, 5.41) is 3.89. The van der Waals surface area contributed by atoms with Crippen molar-refractivity contribution in [3.05, 3.63) is 17.2 Å². The average Bonchev–Trinajstić information content (AvgIpc) is 2.82. The summed E-state index contributed by atoms with van der Waals surface area (Å²) in [7, 11) is 7.24. The summed E-state index contributed by atoms with van der Waals surface area (Å²) in [5.74, 6) is 1.49. The minimum Gasteiger partial charge on any atom is -0.356 e. The molecule has 0 fully saturated rings. The SMILES string of the molecule is CCCCNC(=NCC(=O)N(C)C)N(C)Cc1ncc(Cl)n1C.I. The maximum atomic E-state index is 11.8. The predicted molar refractivity (Wildman–Crippen MR) is 109 cm³/mol. The highest BCUT2D eigenvalue weighted by Crippen LogP contribution is 2.10. The number of nitrogens with zero attached hydrogens (tertiary/aromatic N) is 5. The van der Waals surface area contributed by atoms with Crippen LogP contribution < -0.4 is 5.32 Å². The normalized spacial score (nSPS) is 11.0. The van der Waals surface area contributed by atoms with Gasteiger partial charge in [0, 0.05) is 34.7 Å². The number of guanidine groups is 1. The lowest BCUT2D eigenvalue weighted by Crippen LogP contribution is -2.40. The van der Waals surface area contributed by atoms with E-state index in [1.54, 1.807) is 20.3 Å². The molecule has 0 bridgehead atoms. The van der Waals surface area contributed by atoms with Gasteiger partial charge in [0.15, 0.2) is 5.96 Å². The number of hydrogen-bond acceptors (Lipinski definition) is 3. The first-order valence-electron chi connectivity index (χ1n) is 7.72. The zero-order valence-electron chi connectivity index (χ0n) is 15.0. The third-order valence-corrected chi connectivity index (χ3v) is 3.80. The molecule has 0 aliphatic rings. The monoisotopic (exact) mass is 470 g/mol. The lowest BCUT2D eigenvalue weighted by molar-refractivity contribution is -0.127. The van der Waals surface area contributed by atoms with Crippen molar-refractivity contribution in [2.24, 2.45) is 12.0 Å². The number of aliphatic imine (C=N–C) groups is 1. The molecule has 9 heteroatoms. The van der Waals surface area contributed by atoms with Crippen LogP contribution in [0.1, 0.15) is 25.6 Å². The zero-order valence-corrected chi connectivity index (χ0v) is 18.1. The molecule has 0 spiro atoms. The van der Waals surface area contributed by atoms with Crippen LogP contribution in [0, 0.1) is 0 Å². The van der Waals surface area contributed by atoms with Crippen LogP contribution in [0.4, 0.5) is 0 Å². The summed E-state index contributed by atoms with van der Waals surface area (Å²) in [6, 6.07) is 0. The Bertz CT molecular complexity index is 546. The highest BCUT2D eigenvalue weighted by molar-refractivity contribution is 14.0. The molecule has 1 aromatic heterocycles. The van der Waals surface area contributed by atoms with Crippen LogP contribution in [-0.4, -0.2) is 65.5 Å². The smallest absolute Gasteiger partial charge is 0.243 e. The van der Waals surface area contributed by atoms with Crippen LogP contribution in [0.5, 0.6) is 0 Å². The van der Waals surface area contributed by atoms with Crippen LogP contribution in [0.3, 0.4) is 0 Å². The molecule has 1 rings (SSSR count). The molecule has 1 amide bonds. The van der Waals surface area contributed by atoms with Crippen LogP contribution >= 0.6 is 35.6 Å². The van der Waals surface area contributed by atoms with Crippen LogP contribution in [0.2, 0.25) is 5.15 Å². The van der Waals surface area contributed by atoms with E-state index in [1.165, 1.54) is 4.90 Å². The molecule has 1 heterocycles. The number of hydrogen-bond donors (Lipinski definition) is 1. The van der Waals surface area contributed by atoms with E-state index in [0.717, 1.165) is 25.2 Å². The largest absolute Gasteiger partial charge is 0.356 e. The van der Waals surface area contributed by atoms with Gasteiger partial charge in [-0.05, 0) is 6.42 Å². The molecule has 0 aliphatic heterocycles. The summed E-state index contributed by atoms with van der Waals surface area (Å²) in [6.07, 6.45) is 3.76. The summed E-state index contributed by atoms with van der Waals surface area (Å²) in [6.45, 7) is 3.62. The van der Waals surface area contributed by atoms with E-state index in [4.69, 9.17) is 11.6 Å². The second kappa shape index (κ2) is 11.5. The van der Waals surface area contributed by atoms with E-state index < -0.39 is 0 Å². The number of imidazole rings is 1. The number of carbonyl (C=O) groups excluding carboxylic acids is 1. The molecule has 1 aromatic rings. The minimum absolute atomic E-state index is 0. The van der Waals surface area contributed by atoms with Gasteiger partial charge < -0.3 is 19.7 Å². The number of amides is 1. The number of carbonyl (C=O) groups is 1. The number of nitrogens with one attached hydrogen (secondary N) is 1. The third-order valence-electron chi connectivity index (χ3n) is 3.44. The molecule has 7 nitrogen and oxygen atoms in total. The van der Waals surface area contributed by atoms with Crippen LogP contribution in [0.15, 0.2) is 11.2 Å². The maximum absolute atomic E-state index is 11.8. The van der Waals surface area contributed by atoms with E-state index in [-0.39, 0.29) is 36.4 Å². The minimum atomic E-state index is -0.0340. The second-order valence-corrected chi connectivity index (χ2v) is 6.01. The molecule has 24 heavy (non-hydrogen) atoms. The molecule has 0 aliphatic carbocycles. The first kappa shape index (κ1) is 23.0. The topological polar surface area (TPSA) is 65.8 Å². The second-order valence-electron chi connectivity index (χ2n) is 5.62. The highest BCUT2D eigenvalue weighted by atomic mass is 127. The van der Waals surface area contributed by atoms with Crippen molar-refractivity contribution in [1.29, 1.82) is 0 Å². The van der Waals surface area contributed by atoms with Crippen molar-refractivity contribution in [2.75, 3.05) is 34.2 Å². The van der Waals surface area contributed by atoms with Gasteiger partial charge >= 0.3 is 0 Å². The van der Waals surface area contributed by atoms with Gasteiger partial charge in [-0.2, -0.15) is 0 Å². The van der Waals surface area contributed by atoms with Gasteiger partial charge in [-0.3, -0.25) is 4.79 Å². The standard InChI is InChI=1S/C15H27ClN6O.HI/c1-6-7-8-17-15(19-10-14(23)20(2)3)21(4)11-13-18-9-12(16)22(13)5;/h9H,6-8,10-11H2,1-5H3,(H,17,19);1H. The van der Waals surface area contributed by atoms with Gasteiger partial charge in [0.1, 0.15) is 17.5 Å². The number of halogens is 2. The average molecular weight is 471 g/mol. The molecule has 138 valence electrons. The Balaban J connectivity index is 0.00000529. The van der Waals surface area contributed by atoms with Gasteiger partial charge in [-0.1, -0.05) is 24.9 Å². The molecule has 0 aromatic carbocycles. The summed E-state index contributed by atoms with van der Waals surface area (Å²) >= 11 is 6.02. The Hall–Kier alpha value is -1.03. The lowest BCUT2D eigenvalue weighted by atomic mass is 10.3. The Morgan fingerprint density at radius 2 is 2.08 bits per heavy atom. The Kier molecular flexibility index (Phi) is 11.0. The van der Waals surface area contributed by atoms with Crippen molar-refractivity contribution in [3.63, 3.8) is 0 Å². The third kappa shape index (κ3) is 7.25. The molecular formula is C15H28ClIN6O. The van der Waals surface area contributed by atoms with E-state index in [9.17, 15) is 4.79 Å². The molecule has 0 radical (unpaired) electrons. The van der Waals surface area contributed by atoms with Crippen molar-refractivity contribution >= 4 is 47.4 Å². The fourth-order valence-electron chi connectivity index (χ4n) is 1.83. The van der Waals surface area contributed by atoms with Gasteiger partial charge in [0.25, 0.3) is 0 Å². The number of unbranched alkanes of at least 4 members (excludes halogenated alkanes) is 1. The van der Waals surface area contributed by atoms with E-state index in [2.05, 4.69) is 22.2 Å². The Morgan fingerprint density at radius 3 is 2.58 bits per heavy atom. The molecule has 0 saturated heterocycles. The van der Waals surface area contributed by atoms with Gasteiger partial charge in [-0.15, -0.1) is 24.0 Å². The van der Waals surface area contributed by atoms with Gasteiger partial charge in [0.2, 0.25) is 5.91 Å². The zero-order chi connectivity index (χ0) is 17.4. The highest BCUT2D eigenvalue weighted by Gasteiger charge is 2.12. The van der Waals surface area contributed by atoms with E-state index >= 15 is 0 Å². The van der Waals surface area contributed by atoms with Crippen molar-refractivity contribution < 1.29 is 4.79 Å². The molecule has 0 saturated carbocycles. The molecule has 1 N–H and O–H groups in total. The van der Waals surface area contributed by atoms with E-state index in [1.807, 2.05) is 23.6 Å². The quantitative estimate of drug-likeness (QED) is 0.286. The number of likely N-dealkylation sites (N-methyl/N-ethyl adjacent to an activating group) is 1. The molecular weight excluding hydrogens is 443 g/mol. The fourth-order valence-corrected chi connectivity index (χ4v) is 1.98. The lowest BCUT2D eigenvalue weighted by Gasteiger charge is -2.22. The Labute approximate surface area is 166 Å². The molecule has 0 atom stereocenters. The van der Waals surface area contributed by atoms with E-state index in [0.29, 0.717) is 17.7 Å². The summed E-state index contributed by atoms with van der Waals surface area (Å²) < 4.78 is 1.83. The van der Waals surface area contributed by atoms with Crippen LogP contribution in [-0.2, 0) is 18.4 Å². The fraction of sp³-hybridized carbons (Fsp3) is 0.667.